The van der Waals surface area contributed by atoms with E-state index in [2.05, 4.69) is 4.98 Å². The van der Waals surface area contributed by atoms with E-state index in [0.29, 0.717) is 18.9 Å². The monoisotopic (exact) mass is 356 g/mol. The Labute approximate surface area is 153 Å². The zero-order valence-corrected chi connectivity index (χ0v) is 15.6. The summed E-state index contributed by atoms with van der Waals surface area (Å²) in [6, 6.07) is 6.41. The highest BCUT2D eigenvalue weighted by Crippen LogP contribution is 2.34. The SMILES string of the molecule is CCC(=O)N1CCC[C@@H](c2nc(N(C)C)ncc2-c2ccc(F)cc2)C1. The molecule has 2 aromatic rings. The molecule has 0 radical (unpaired) electrons. The largest absolute Gasteiger partial charge is 0.347 e. The van der Waals surface area contributed by atoms with Gasteiger partial charge in [0.15, 0.2) is 0 Å². The second-order valence-corrected chi connectivity index (χ2v) is 6.90. The molecule has 138 valence electrons. The Kier molecular flexibility index (Phi) is 5.49. The summed E-state index contributed by atoms with van der Waals surface area (Å²) in [6.07, 6.45) is 4.27. The lowest BCUT2D eigenvalue weighted by atomic mass is 9.90. The van der Waals surface area contributed by atoms with Crippen LogP contribution < -0.4 is 4.90 Å². The van der Waals surface area contributed by atoms with E-state index in [9.17, 15) is 9.18 Å². The molecule has 0 unspecified atom stereocenters. The zero-order valence-electron chi connectivity index (χ0n) is 15.6. The van der Waals surface area contributed by atoms with Crippen LogP contribution in [0.2, 0.25) is 0 Å². The average molecular weight is 356 g/mol. The standard InChI is InChI=1S/C20H25FN4O/c1-4-18(26)25-11-5-6-15(13-25)19-17(12-22-20(23-19)24(2)3)14-7-9-16(21)10-8-14/h7-10,12,15H,4-6,11,13H2,1-3H3/t15-/m1/s1. The number of hydrogen-bond acceptors (Lipinski definition) is 4. The fourth-order valence-electron chi connectivity index (χ4n) is 3.41. The van der Waals surface area contributed by atoms with Gasteiger partial charge < -0.3 is 9.80 Å². The van der Waals surface area contributed by atoms with E-state index < -0.39 is 0 Å². The molecule has 1 aromatic carbocycles. The molecule has 1 aliphatic rings. The Balaban J connectivity index is 2.01. The van der Waals surface area contributed by atoms with E-state index in [0.717, 1.165) is 36.2 Å². The number of nitrogens with zero attached hydrogens (tertiary/aromatic N) is 4. The molecule has 0 aliphatic carbocycles. The van der Waals surface area contributed by atoms with Crippen molar-refractivity contribution in [3.63, 3.8) is 0 Å². The number of likely N-dealkylation sites (tertiary alicyclic amines) is 1. The molecule has 0 spiro atoms. The summed E-state index contributed by atoms with van der Waals surface area (Å²) in [6.45, 7) is 3.37. The Bertz CT molecular complexity index is 776. The van der Waals surface area contributed by atoms with Crippen molar-refractivity contribution in [1.82, 2.24) is 14.9 Å². The van der Waals surface area contributed by atoms with Gasteiger partial charge in [-0.25, -0.2) is 14.4 Å². The first-order chi connectivity index (χ1) is 12.5. The number of halogens is 1. The van der Waals surface area contributed by atoms with Gasteiger partial charge in [0.1, 0.15) is 5.82 Å². The van der Waals surface area contributed by atoms with E-state index in [4.69, 9.17) is 4.98 Å². The van der Waals surface area contributed by atoms with Gasteiger partial charge in [0.25, 0.3) is 0 Å². The van der Waals surface area contributed by atoms with Crippen LogP contribution in [-0.4, -0.2) is 48.0 Å². The first kappa shape index (κ1) is 18.3. The lowest BCUT2D eigenvalue weighted by molar-refractivity contribution is -0.132. The molecule has 3 rings (SSSR count). The fourth-order valence-corrected chi connectivity index (χ4v) is 3.41. The van der Waals surface area contributed by atoms with Gasteiger partial charge in [-0.05, 0) is 30.5 Å². The van der Waals surface area contributed by atoms with E-state index in [1.165, 1.54) is 12.1 Å². The zero-order chi connectivity index (χ0) is 18.7. The van der Waals surface area contributed by atoms with Crippen molar-refractivity contribution in [2.45, 2.75) is 32.1 Å². The van der Waals surface area contributed by atoms with Crippen molar-refractivity contribution in [1.29, 1.82) is 0 Å². The Morgan fingerprint density at radius 2 is 2.04 bits per heavy atom. The molecule has 1 aromatic heterocycles. The van der Waals surface area contributed by atoms with Crippen LogP contribution in [0, 0.1) is 5.82 Å². The Morgan fingerprint density at radius 1 is 1.31 bits per heavy atom. The van der Waals surface area contributed by atoms with Gasteiger partial charge in [0.05, 0.1) is 5.69 Å². The van der Waals surface area contributed by atoms with Crippen LogP contribution in [0.25, 0.3) is 11.1 Å². The summed E-state index contributed by atoms with van der Waals surface area (Å²) in [5.41, 5.74) is 2.74. The number of piperidine rings is 1. The highest BCUT2D eigenvalue weighted by Gasteiger charge is 2.27. The predicted molar refractivity (Wildman–Crippen MR) is 101 cm³/mol. The normalized spacial score (nSPS) is 17.2. The van der Waals surface area contributed by atoms with Crippen LogP contribution in [0.3, 0.4) is 0 Å². The van der Waals surface area contributed by atoms with Gasteiger partial charge in [0, 0.05) is 51.3 Å². The number of rotatable bonds is 4. The van der Waals surface area contributed by atoms with Crippen molar-refractivity contribution < 1.29 is 9.18 Å². The van der Waals surface area contributed by atoms with Gasteiger partial charge in [-0.15, -0.1) is 0 Å². The van der Waals surface area contributed by atoms with Gasteiger partial charge in [0.2, 0.25) is 11.9 Å². The third-order valence-corrected chi connectivity index (χ3v) is 4.82. The molecule has 6 heteroatoms. The molecule has 0 saturated carbocycles. The third-order valence-electron chi connectivity index (χ3n) is 4.82. The van der Waals surface area contributed by atoms with Crippen LogP contribution in [-0.2, 0) is 4.79 Å². The van der Waals surface area contributed by atoms with Crippen molar-refractivity contribution in [2.24, 2.45) is 0 Å². The van der Waals surface area contributed by atoms with Crippen molar-refractivity contribution in [3.8, 4) is 11.1 Å². The van der Waals surface area contributed by atoms with Crippen LogP contribution in [0.15, 0.2) is 30.5 Å². The van der Waals surface area contributed by atoms with E-state index >= 15 is 0 Å². The smallest absolute Gasteiger partial charge is 0.225 e. The predicted octanol–water partition coefficient (Wildman–Crippen LogP) is 3.46. The second kappa shape index (κ2) is 7.81. The van der Waals surface area contributed by atoms with Crippen LogP contribution in [0.1, 0.15) is 37.8 Å². The maximum Gasteiger partial charge on any atom is 0.225 e. The molecule has 0 bridgehead atoms. The molecular formula is C20H25FN4O. The number of carbonyl (C=O) groups is 1. The molecular weight excluding hydrogens is 331 g/mol. The summed E-state index contributed by atoms with van der Waals surface area (Å²) in [5.74, 6) is 0.712. The molecule has 0 N–H and O–H groups in total. The minimum Gasteiger partial charge on any atom is -0.347 e. The molecule has 1 fully saturated rings. The number of hydrogen-bond donors (Lipinski definition) is 0. The maximum absolute atomic E-state index is 13.3. The van der Waals surface area contributed by atoms with Crippen LogP contribution in [0.5, 0.6) is 0 Å². The number of carbonyl (C=O) groups excluding carboxylic acids is 1. The summed E-state index contributed by atoms with van der Waals surface area (Å²) < 4.78 is 13.3. The summed E-state index contributed by atoms with van der Waals surface area (Å²) in [4.78, 5) is 25.2. The molecule has 1 atom stereocenters. The number of benzene rings is 1. The highest BCUT2D eigenvalue weighted by atomic mass is 19.1. The fraction of sp³-hybridized carbons (Fsp3) is 0.450. The molecule has 2 heterocycles. The molecule has 1 saturated heterocycles. The van der Waals surface area contributed by atoms with Gasteiger partial charge in [-0.2, -0.15) is 0 Å². The topological polar surface area (TPSA) is 49.3 Å². The number of amides is 1. The van der Waals surface area contributed by atoms with Crippen molar-refractivity contribution >= 4 is 11.9 Å². The van der Waals surface area contributed by atoms with Crippen molar-refractivity contribution in [3.05, 3.63) is 42.0 Å². The van der Waals surface area contributed by atoms with Gasteiger partial charge >= 0.3 is 0 Å². The quantitative estimate of drug-likeness (QED) is 0.842. The van der Waals surface area contributed by atoms with Gasteiger partial charge in [-0.1, -0.05) is 19.1 Å². The lowest BCUT2D eigenvalue weighted by Crippen LogP contribution is -2.39. The van der Waals surface area contributed by atoms with E-state index in [1.807, 2.05) is 37.0 Å². The minimum absolute atomic E-state index is 0.154. The Morgan fingerprint density at radius 3 is 2.69 bits per heavy atom. The first-order valence-electron chi connectivity index (χ1n) is 9.07. The van der Waals surface area contributed by atoms with Crippen LogP contribution >= 0.6 is 0 Å². The third kappa shape index (κ3) is 3.84. The number of anilines is 1. The summed E-state index contributed by atoms with van der Waals surface area (Å²) in [7, 11) is 3.81. The molecule has 1 aliphatic heterocycles. The highest BCUT2D eigenvalue weighted by molar-refractivity contribution is 5.76. The minimum atomic E-state index is -0.265. The van der Waals surface area contributed by atoms with Gasteiger partial charge in [-0.3, -0.25) is 4.79 Å². The maximum atomic E-state index is 13.3. The average Bonchev–Trinajstić information content (AvgIpc) is 2.67. The van der Waals surface area contributed by atoms with E-state index in [-0.39, 0.29) is 17.6 Å². The van der Waals surface area contributed by atoms with Crippen molar-refractivity contribution in [2.75, 3.05) is 32.1 Å². The molecule has 5 nitrogen and oxygen atoms in total. The summed E-state index contributed by atoms with van der Waals surface area (Å²) >= 11 is 0. The number of aromatic nitrogens is 2. The summed E-state index contributed by atoms with van der Waals surface area (Å²) in [5, 5.41) is 0. The molecule has 1 amide bonds. The lowest BCUT2D eigenvalue weighted by Gasteiger charge is -2.33. The first-order valence-corrected chi connectivity index (χ1v) is 9.07. The van der Waals surface area contributed by atoms with E-state index in [1.54, 1.807) is 12.1 Å². The second-order valence-electron chi connectivity index (χ2n) is 6.90. The Hall–Kier alpha value is -2.50. The molecule has 26 heavy (non-hydrogen) atoms. The van der Waals surface area contributed by atoms with Crippen LogP contribution in [0.4, 0.5) is 10.3 Å².